The fourth-order valence-corrected chi connectivity index (χ4v) is 7.54. The Hall–Kier alpha value is -5.80. The summed E-state index contributed by atoms with van der Waals surface area (Å²) in [6.07, 6.45) is -18.4. The molecule has 6 rings (SSSR count). The van der Waals surface area contributed by atoms with Crippen LogP contribution in [0.1, 0.15) is 66.8 Å². The third kappa shape index (κ3) is 10.8. The summed E-state index contributed by atoms with van der Waals surface area (Å²) in [5.41, 5.74) is -4.09. The quantitative estimate of drug-likeness (QED) is 0.0906. The van der Waals surface area contributed by atoms with Crippen molar-refractivity contribution >= 4 is 0 Å². The molecule has 0 fully saturated rings. The van der Waals surface area contributed by atoms with E-state index < -0.39 is 106 Å². The summed E-state index contributed by atoms with van der Waals surface area (Å²) in [6.45, 7) is 3.61. The lowest BCUT2D eigenvalue weighted by atomic mass is 9.89. The van der Waals surface area contributed by atoms with Gasteiger partial charge in [0.05, 0.1) is 0 Å². The molecule has 6 aromatic rings. The van der Waals surface area contributed by atoms with E-state index in [1.54, 1.807) is 62.4 Å². The van der Waals surface area contributed by atoms with Gasteiger partial charge in [-0.2, -0.15) is 43.9 Å². The maximum atomic E-state index is 17.4. The summed E-state index contributed by atoms with van der Waals surface area (Å²) in [5, 5.41) is 0. The van der Waals surface area contributed by atoms with E-state index in [1.165, 1.54) is 36.4 Å². The number of aryl methyl sites for hydroxylation is 2. The molecule has 0 aliphatic heterocycles. The third-order valence-corrected chi connectivity index (χ3v) is 11.1. The van der Waals surface area contributed by atoms with Crippen LogP contribution in [0.15, 0.2) is 121 Å². The Morgan fingerprint density at radius 2 is 0.769 bits per heavy atom. The summed E-state index contributed by atoms with van der Waals surface area (Å²) in [5.74, 6) is -15.2. The number of hydrogen-bond donors (Lipinski definition) is 0. The molecule has 3 nitrogen and oxygen atoms in total. The minimum absolute atomic E-state index is 0.0488. The van der Waals surface area contributed by atoms with Crippen LogP contribution >= 0.6 is 0 Å². The van der Waals surface area contributed by atoms with Crippen LogP contribution in [-0.4, -0.2) is 38.8 Å². The summed E-state index contributed by atoms with van der Waals surface area (Å²) in [7, 11) is 1.37. The fourth-order valence-electron chi connectivity index (χ4n) is 7.54. The van der Waals surface area contributed by atoms with Crippen molar-refractivity contribution in [3.05, 3.63) is 200 Å². The molecule has 0 N–H and O–H groups in total. The van der Waals surface area contributed by atoms with Gasteiger partial charge in [0.2, 0.25) is 0 Å². The Balaban J connectivity index is 1.57. The lowest BCUT2D eigenvalue weighted by molar-refractivity contribution is -0.212. The predicted molar refractivity (Wildman–Crippen MR) is 221 cm³/mol. The molecule has 0 aromatic heterocycles. The highest BCUT2D eigenvalue weighted by atomic mass is 19.4. The van der Waals surface area contributed by atoms with Crippen LogP contribution in [-0.2, 0) is 47.0 Å². The van der Waals surface area contributed by atoms with Gasteiger partial charge in [0.15, 0.2) is 12.2 Å². The molecule has 0 aliphatic carbocycles. The highest BCUT2D eigenvalue weighted by molar-refractivity contribution is 5.55. The average Bonchev–Trinajstić information content (AvgIpc) is 3.24. The van der Waals surface area contributed by atoms with Crippen LogP contribution in [0, 0.1) is 25.5 Å². The molecule has 0 amide bonds. The first-order chi connectivity index (χ1) is 30.6. The van der Waals surface area contributed by atoms with Gasteiger partial charge < -0.3 is 14.2 Å². The SMILES string of the molecule is COC(Cc1ccc(Oc2ccc(CC(OC)C(F)(F)F)c(F)c2C(F)(F)c2ccccc2Cc2ccc(C)cc2)c(C(F)(F)c2ccccc2Cc2ccc(C)cc2)c1F)C(F)(F)F. The van der Waals surface area contributed by atoms with Gasteiger partial charge >= 0.3 is 24.2 Å². The largest absolute Gasteiger partial charge is 0.456 e. The van der Waals surface area contributed by atoms with Gasteiger partial charge in [-0.3, -0.25) is 0 Å². The Morgan fingerprint density at radius 1 is 0.431 bits per heavy atom. The molecular formula is C50H42F12O3. The molecule has 0 spiro atoms. The molecule has 0 saturated heterocycles. The van der Waals surface area contributed by atoms with E-state index in [2.05, 4.69) is 9.47 Å². The zero-order valence-electron chi connectivity index (χ0n) is 35.3. The minimum atomic E-state index is -5.08. The standard InChI is InChI=1S/C50H42F12O3/c1-29-13-17-31(18-14-29)25-33-9-5-7-11-37(33)47(53,54)43-39(23-21-35(45(43)51)27-41(63-3)49(57,58)59)65-40-24-22-36(28-42(64-4)50(60,61)62)46(52)44(40)48(55,56)38-12-8-6-10-34(38)26-32-19-15-30(2)16-20-32/h5-24,41-42H,25-28H2,1-4H3. The summed E-state index contributed by atoms with van der Waals surface area (Å²) >= 11 is 0. The molecule has 0 heterocycles. The van der Waals surface area contributed by atoms with E-state index in [0.717, 1.165) is 23.3 Å². The summed E-state index contributed by atoms with van der Waals surface area (Å²) < 4.78 is 201. The lowest BCUT2D eigenvalue weighted by Gasteiger charge is -2.28. The molecule has 15 heteroatoms. The van der Waals surface area contributed by atoms with Crippen molar-refractivity contribution in [1.82, 2.24) is 0 Å². The van der Waals surface area contributed by atoms with Crippen molar-refractivity contribution in [3.63, 3.8) is 0 Å². The smallest absolute Gasteiger partial charge is 0.414 e. The van der Waals surface area contributed by atoms with E-state index >= 15 is 26.3 Å². The van der Waals surface area contributed by atoms with Crippen molar-refractivity contribution in [2.24, 2.45) is 0 Å². The Morgan fingerprint density at radius 3 is 1.09 bits per heavy atom. The molecule has 0 saturated carbocycles. The number of ether oxygens (including phenoxy) is 3. The van der Waals surface area contributed by atoms with Crippen LogP contribution in [0.3, 0.4) is 0 Å². The number of rotatable bonds is 16. The first kappa shape index (κ1) is 48.7. The first-order valence-electron chi connectivity index (χ1n) is 20.1. The van der Waals surface area contributed by atoms with Crippen molar-refractivity contribution in [2.75, 3.05) is 14.2 Å². The number of halogens is 12. The Bertz CT molecular complexity index is 2410. The van der Waals surface area contributed by atoms with Gasteiger partial charge in [0.25, 0.3) is 0 Å². The summed E-state index contributed by atoms with van der Waals surface area (Å²) in [4.78, 5) is 0. The number of alkyl halides is 10. The van der Waals surface area contributed by atoms with Gasteiger partial charge in [-0.25, -0.2) is 8.78 Å². The molecule has 65 heavy (non-hydrogen) atoms. The third-order valence-electron chi connectivity index (χ3n) is 11.1. The Kier molecular flexibility index (Phi) is 14.5. The van der Waals surface area contributed by atoms with E-state index in [9.17, 15) is 26.3 Å². The van der Waals surface area contributed by atoms with Crippen LogP contribution in [0.25, 0.3) is 0 Å². The maximum Gasteiger partial charge on any atom is 0.414 e. The van der Waals surface area contributed by atoms with Crippen molar-refractivity contribution in [1.29, 1.82) is 0 Å². The van der Waals surface area contributed by atoms with Crippen LogP contribution < -0.4 is 4.74 Å². The average molecular weight is 919 g/mol. The van der Waals surface area contributed by atoms with Gasteiger partial charge in [-0.1, -0.05) is 120 Å². The molecule has 2 unspecified atom stereocenters. The molecular weight excluding hydrogens is 877 g/mol. The predicted octanol–water partition coefficient (Wildman–Crippen LogP) is 14.1. The van der Waals surface area contributed by atoms with Crippen LogP contribution in [0.2, 0.25) is 0 Å². The second kappa shape index (κ2) is 19.4. The van der Waals surface area contributed by atoms with E-state index in [-0.39, 0.29) is 24.0 Å². The van der Waals surface area contributed by atoms with Crippen molar-refractivity contribution < 1.29 is 66.9 Å². The number of hydrogen-bond acceptors (Lipinski definition) is 3. The van der Waals surface area contributed by atoms with Crippen LogP contribution in [0.5, 0.6) is 11.5 Å². The molecule has 2 atom stereocenters. The fraction of sp³-hybridized carbons (Fsp3) is 0.280. The molecule has 0 radical (unpaired) electrons. The highest BCUT2D eigenvalue weighted by Gasteiger charge is 2.48. The summed E-state index contributed by atoms with van der Waals surface area (Å²) in [6, 6.07) is 26.1. The zero-order valence-corrected chi connectivity index (χ0v) is 35.3. The minimum Gasteiger partial charge on any atom is -0.456 e. The molecule has 0 bridgehead atoms. The van der Waals surface area contributed by atoms with E-state index in [1.807, 2.05) is 0 Å². The topological polar surface area (TPSA) is 27.7 Å². The van der Waals surface area contributed by atoms with Crippen molar-refractivity contribution in [3.8, 4) is 11.5 Å². The second-order valence-electron chi connectivity index (χ2n) is 15.7. The second-order valence-corrected chi connectivity index (χ2v) is 15.7. The van der Waals surface area contributed by atoms with E-state index in [0.29, 0.717) is 49.6 Å². The lowest BCUT2D eigenvalue weighted by Crippen LogP contribution is -2.33. The molecule has 6 aromatic carbocycles. The highest BCUT2D eigenvalue weighted by Crippen LogP contribution is 2.50. The molecule has 344 valence electrons. The van der Waals surface area contributed by atoms with Crippen LogP contribution in [0.4, 0.5) is 52.7 Å². The van der Waals surface area contributed by atoms with E-state index in [4.69, 9.17) is 4.74 Å². The Labute approximate surface area is 367 Å². The number of methoxy groups -OCH3 is 2. The normalized spacial score (nSPS) is 13.5. The van der Waals surface area contributed by atoms with Gasteiger partial charge in [0.1, 0.15) is 34.3 Å². The number of benzene rings is 6. The zero-order chi connectivity index (χ0) is 47.5. The monoisotopic (exact) mass is 918 g/mol. The molecule has 0 aliphatic rings. The first-order valence-corrected chi connectivity index (χ1v) is 20.1. The van der Waals surface area contributed by atoms with Gasteiger partial charge in [0, 0.05) is 38.2 Å². The maximum absolute atomic E-state index is 17.4. The van der Waals surface area contributed by atoms with Crippen molar-refractivity contribution in [2.45, 2.75) is 75.9 Å². The van der Waals surface area contributed by atoms with Gasteiger partial charge in [-0.05, 0) is 72.2 Å². The van der Waals surface area contributed by atoms with Gasteiger partial charge in [-0.15, -0.1) is 0 Å².